The molecule has 3 aromatic heterocycles. The van der Waals surface area contributed by atoms with Gasteiger partial charge in [0.15, 0.2) is 0 Å². The fourth-order valence-electron chi connectivity index (χ4n) is 11.0. The second-order valence-corrected chi connectivity index (χ2v) is 19.4. The lowest BCUT2D eigenvalue weighted by atomic mass is 9.82. The molecule has 5 heteroatoms. The molecular weight excluding hydrogens is 791 g/mol. The number of aromatic nitrogens is 3. The molecule has 0 amide bonds. The summed E-state index contributed by atoms with van der Waals surface area (Å²) >= 11 is 3.85. The van der Waals surface area contributed by atoms with Crippen molar-refractivity contribution >= 4 is 88.9 Å². The highest BCUT2D eigenvalue weighted by molar-refractivity contribution is 8.05. The van der Waals surface area contributed by atoms with Crippen molar-refractivity contribution in [2.24, 2.45) is 0 Å². The summed E-state index contributed by atoms with van der Waals surface area (Å²) in [6, 6.07) is 69.9. The molecular formula is C57H37N3S2. The van der Waals surface area contributed by atoms with E-state index in [4.69, 9.17) is 0 Å². The van der Waals surface area contributed by atoms with Crippen LogP contribution >= 0.6 is 23.5 Å². The second-order valence-electron chi connectivity index (χ2n) is 17.3. The lowest BCUT2D eigenvalue weighted by Gasteiger charge is -2.28. The zero-order chi connectivity index (χ0) is 40.8. The van der Waals surface area contributed by atoms with E-state index < -0.39 is 0 Å². The molecule has 0 bridgehead atoms. The minimum atomic E-state index is -0.169. The van der Waals surface area contributed by atoms with Gasteiger partial charge in [0.1, 0.15) is 0 Å². The van der Waals surface area contributed by atoms with Crippen LogP contribution in [0.25, 0.3) is 93.6 Å². The fourth-order valence-corrected chi connectivity index (χ4v) is 13.6. The lowest BCUT2D eigenvalue weighted by molar-refractivity contribution is 0.642. The van der Waals surface area contributed by atoms with Crippen LogP contribution in [0.4, 0.5) is 0 Å². The normalized spacial score (nSPS) is 14.0. The molecule has 0 saturated carbocycles. The summed E-state index contributed by atoms with van der Waals surface area (Å²) in [5.41, 5.74) is 16.2. The predicted molar refractivity (Wildman–Crippen MR) is 262 cm³/mol. The summed E-state index contributed by atoms with van der Waals surface area (Å²) < 4.78 is 7.41. The topological polar surface area (TPSA) is 14.8 Å². The highest BCUT2D eigenvalue weighted by Crippen LogP contribution is 2.60. The maximum Gasteiger partial charge on any atom is 0.0622 e. The van der Waals surface area contributed by atoms with Gasteiger partial charge < -0.3 is 13.7 Å². The van der Waals surface area contributed by atoms with Crippen LogP contribution in [0, 0.1) is 0 Å². The Labute approximate surface area is 366 Å². The minimum Gasteiger partial charge on any atom is -0.309 e. The molecule has 1 aliphatic carbocycles. The van der Waals surface area contributed by atoms with Gasteiger partial charge in [-0.1, -0.05) is 140 Å². The van der Waals surface area contributed by atoms with E-state index in [0.717, 1.165) is 5.69 Å². The van der Waals surface area contributed by atoms with Crippen molar-refractivity contribution in [2.75, 3.05) is 0 Å². The van der Waals surface area contributed by atoms with Gasteiger partial charge in [0.2, 0.25) is 0 Å². The summed E-state index contributed by atoms with van der Waals surface area (Å²) in [6.07, 6.45) is 0. The SMILES string of the molecule is CC1(C)c2ccc3c4ccccc4n(-c4ccc5c(c4)c4ccccc4n5-c4ccc5c(c4)c4ccccc4n5-c4ccccc4)c3c2-c2ccc3c(c21)Sc1ccccc1S3. The van der Waals surface area contributed by atoms with Crippen LogP contribution in [0.15, 0.2) is 208 Å². The van der Waals surface area contributed by atoms with E-state index in [0.29, 0.717) is 0 Å². The first-order valence-electron chi connectivity index (χ1n) is 21.3. The molecule has 0 radical (unpaired) electrons. The third-order valence-corrected chi connectivity index (χ3v) is 16.2. The summed E-state index contributed by atoms with van der Waals surface area (Å²) in [5, 5.41) is 7.55. The van der Waals surface area contributed by atoms with E-state index >= 15 is 0 Å². The Morgan fingerprint density at radius 2 is 0.887 bits per heavy atom. The van der Waals surface area contributed by atoms with Crippen molar-refractivity contribution in [3.05, 3.63) is 199 Å². The molecule has 1 aliphatic heterocycles. The Kier molecular flexibility index (Phi) is 7.05. The van der Waals surface area contributed by atoms with Crippen molar-refractivity contribution in [3.8, 4) is 28.2 Å². The van der Waals surface area contributed by atoms with Crippen LogP contribution in [0.2, 0.25) is 0 Å². The predicted octanol–water partition coefficient (Wildman–Crippen LogP) is 15.9. The molecule has 14 rings (SSSR count). The number of fused-ring (bicyclic) bond motifs is 16. The standard InChI is InChI=1S/C57H37N3S2/c1-57(2)44-28-26-40-37-16-6-11-21-47(37)60(55(40)53(44)41-27-31-52-56(54(41)57)62-51-23-13-12-22-50(51)61-52)36-25-30-49-43(33-36)39-18-8-10-20-46(39)59(49)35-24-29-48-42(32-35)38-17-7-9-19-45(38)58(48)34-14-4-3-5-15-34/h3-33H,1-2H3. The van der Waals surface area contributed by atoms with E-state index in [1.165, 1.54) is 119 Å². The van der Waals surface area contributed by atoms with E-state index in [1.807, 2.05) is 23.5 Å². The third kappa shape index (κ3) is 4.59. The van der Waals surface area contributed by atoms with Gasteiger partial charge in [0.25, 0.3) is 0 Å². The van der Waals surface area contributed by atoms with Crippen LogP contribution < -0.4 is 0 Å². The largest absolute Gasteiger partial charge is 0.309 e. The number of hydrogen-bond donors (Lipinski definition) is 0. The first-order valence-corrected chi connectivity index (χ1v) is 23.0. The summed E-state index contributed by atoms with van der Waals surface area (Å²) in [6.45, 7) is 4.86. The summed E-state index contributed by atoms with van der Waals surface area (Å²) in [7, 11) is 0. The van der Waals surface area contributed by atoms with Crippen molar-refractivity contribution < 1.29 is 0 Å². The fraction of sp³-hybridized carbons (Fsp3) is 0.0526. The molecule has 12 aromatic rings. The molecule has 0 spiro atoms. The smallest absolute Gasteiger partial charge is 0.0622 e. The van der Waals surface area contributed by atoms with Gasteiger partial charge in [-0.2, -0.15) is 0 Å². The lowest BCUT2D eigenvalue weighted by Crippen LogP contribution is -2.17. The molecule has 3 nitrogen and oxygen atoms in total. The quantitative estimate of drug-likeness (QED) is 0.176. The molecule has 0 saturated heterocycles. The van der Waals surface area contributed by atoms with E-state index in [9.17, 15) is 0 Å². The number of hydrogen-bond acceptors (Lipinski definition) is 2. The number of nitrogens with zero attached hydrogens (tertiary/aromatic N) is 3. The molecule has 9 aromatic carbocycles. The highest BCUT2D eigenvalue weighted by Gasteiger charge is 2.41. The number of para-hydroxylation sites is 4. The van der Waals surface area contributed by atoms with Gasteiger partial charge in [-0.15, -0.1) is 0 Å². The van der Waals surface area contributed by atoms with Crippen molar-refractivity contribution in [2.45, 2.75) is 38.8 Å². The third-order valence-electron chi connectivity index (χ3n) is 13.7. The Morgan fingerprint density at radius 1 is 0.371 bits per heavy atom. The van der Waals surface area contributed by atoms with E-state index in [1.54, 1.807) is 0 Å². The average Bonchev–Trinajstić information content (AvgIpc) is 4.01. The van der Waals surface area contributed by atoms with Crippen molar-refractivity contribution in [1.82, 2.24) is 13.7 Å². The summed E-state index contributed by atoms with van der Waals surface area (Å²) in [4.78, 5) is 5.44. The van der Waals surface area contributed by atoms with Crippen LogP contribution in [-0.2, 0) is 5.41 Å². The number of rotatable bonds is 3. The molecule has 2 aliphatic rings. The van der Waals surface area contributed by atoms with Gasteiger partial charge in [-0.25, -0.2) is 0 Å². The average molecular weight is 828 g/mol. The number of benzene rings is 9. The first-order chi connectivity index (χ1) is 30.5. The Bertz CT molecular complexity index is 3900. The zero-order valence-corrected chi connectivity index (χ0v) is 35.7. The first kappa shape index (κ1) is 34.8. The van der Waals surface area contributed by atoms with Gasteiger partial charge in [0.05, 0.1) is 33.1 Å². The molecule has 4 heterocycles. The molecule has 292 valence electrons. The summed E-state index contributed by atoms with van der Waals surface area (Å²) in [5.74, 6) is 0. The Morgan fingerprint density at radius 3 is 1.55 bits per heavy atom. The van der Waals surface area contributed by atoms with Crippen LogP contribution in [0.5, 0.6) is 0 Å². The zero-order valence-electron chi connectivity index (χ0n) is 34.1. The Balaban J connectivity index is 1.00. The maximum atomic E-state index is 2.56. The second kappa shape index (κ2) is 12.6. The Hall–Kier alpha value is -6.92. The van der Waals surface area contributed by atoms with Crippen molar-refractivity contribution in [3.63, 3.8) is 0 Å². The molecule has 0 unspecified atom stereocenters. The highest BCUT2D eigenvalue weighted by atomic mass is 32.2. The van der Waals surface area contributed by atoms with E-state index in [2.05, 4.69) is 216 Å². The van der Waals surface area contributed by atoms with E-state index in [-0.39, 0.29) is 5.41 Å². The molecule has 62 heavy (non-hydrogen) atoms. The van der Waals surface area contributed by atoms with Crippen LogP contribution in [-0.4, -0.2) is 13.7 Å². The molecule has 0 N–H and O–H groups in total. The van der Waals surface area contributed by atoms with Gasteiger partial charge in [-0.05, 0) is 102 Å². The minimum absolute atomic E-state index is 0.169. The molecule has 0 atom stereocenters. The van der Waals surface area contributed by atoms with Gasteiger partial charge >= 0.3 is 0 Å². The van der Waals surface area contributed by atoms with Crippen LogP contribution in [0.1, 0.15) is 25.0 Å². The van der Waals surface area contributed by atoms with Crippen molar-refractivity contribution in [1.29, 1.82) is 0 Å². The monoisotopic (exact) mass is 827 g/mol. The maximum absolute atomic E-state index is 2.56. The van der Waals surface area contributed by atoms with Gasteiger partial charge in [-0.3, -0.25) is 0 Å². The molecule has 0 fully saturated rings. The van der Waals surface area contributed by atoms with Gasteiger partial charge in [0, 0.05) is 79.9 Å². The van der Waals surface area contributed by atoms with Crippen LogP contribution in [0.3, 0.4) is 0 Å².